The first-order chi connectivity index (χ1) is 14.2. The molecule has 0 spiro atoms. The molecule has 0 aliphatic heterocycles. The Morgan fingerprint density at radius 1 is 0.828 bits per heavy atom. The van der Waals surface area contributed by atoms with Gasteiger partial charge in [-0.05, 0) is 48.0 Å². The summed E-state index contributed by atoms with van der Waals surface area (Å²) in [5, 5.41) is 2.88. The molecule has 1 N–H and O–H groups in total. The predicted octanol–water partition coefficient (Wildman–Crippen LogP) is 5.95. The van der Waals surface area contributed by atoms with Crippen LogP contribution in [0, 0.1) is 0 Å². The summed E-state index contributed by atoms with van der Waals surface area (Å²) >= 11 is 3.40. The van der Waals surface area contributed by atoms with Gasteiger partial charge in [0.25, 0.3) is 5.91 Å². The van der Waals surface area contributed by atoms with Gasteiger partial charge < -0.3 is 10.1 Å². The lowest BCUT2D eigenvalue weighted by Crippen LogP contribution is -2.11. The van der Waals surface area contributed by atoms with Crippen LogP contribution in [-0.2, 0) is 0 Å². The highest BCUT2D eigenvalue weighted by atomic mass is 79.9. The number of nitrogens with zero attached hydrogens (tertiary/aromatic N) is 2. The lowest BCUT2D eigenvalue weighted by atomic mass is 10.1. The van der Waals surface area contributed by atoms with E-state index in [4.69, 9.17) is 4.74 Å². The fraction of sp³-hybridized carbons (Fsp3) is 0. The molecule has 4 rings (SSSR count). The monoisotopic (exact) mass is 445 g/mol. The Labute approximate surface area is 176 Å². The highest BCUT2D eigenvalue weighted by Gasteiger charge is 2.08. The quantitative estimate of drug-likeness (QED) is 0.412. The molecule has 0 fully saturated rings. The minimum atomic E-state index is -0.169. The van der Waals surface area contributed by atoms with E-state index in [1.54, 1.807) is 24.5 Å². The van der Waals surface area contributed by atoms with Gasteiger partial charge in [-0.1, -0.05) is 52.3 Å². The van der Waals surface area contributed by atoms with Gasteiger partial charge >= 0.3 is 6.01 Å². The second kappa shape index (κ2) is 8.67. The molecule has 6 heteroatoms. The van der Waals surface area contributed by atoms with Crippen LogP contribution in [0.15, 0.2) is 95.7 Å². The zero-order valence-electron chi connectivity index (χ0n) is 15.2. The number of benzene rings is 3. The maximum absolute atomic E-state index is 12.4. The SMILES string of the molecule is O=C(Nc1cccc(Br)c1)c1ccc(-c2cnc(Oc3ccccc3)nc2)cc1. The number of hydrogen-bond acceptors (Lipinski definition) is 4. The third-order valence-electron chi connectivity index (χ3n) is 4.14. The molecule has 1 aromatic heterocycles. The van der Waals surface area contributed by atoms with E-state index in [2.05, 4.69) is 31.2 Å². The van der Waals surface area contributed by atoms with E-state index in [-0.39, 0.29) is 11.9 Å². The molecule has 142 valence electrons. The van der Waals surface area contributed by atoms with Crippen molar-refractivity contribution in [2.45, 2.75) is 0 Å². The summed E-state index contributed by atoms with van der Waals surface area (Å²) in [5.74, 6) is 0.513. The number of halogens is 1. The summed E-state index contributed by atoms with van der Waals surface area (Å²) in [5.41, 5.74) is 3.05. The van der Waals surface area contributed by atoms with Gasteiger partial charge in [0.05, 0.1) is 0 Å². The Bertz CT molecular complexity index is 1110. The summed E-state index contributed by atoms with van der Waals surface area (Å²) < 4.78 is 6.51. The Morgan fingerprint density at radius 3 is 2.24 bits per heavy atom. The van der Waals surface area contributed by atoms with E-state index in [0.717, 1.165) is 21.3 Å². The third-order valence-corrected chi connectivity index (χ3v) is 4.64. The molecule has 0 aliphatic rings. The molecule has 1 amide bonds. The number of amides is 1. The van der Waals surface area contributed by atoms with Crippen LogP contribution < -0.4 is 10.1 Å². The van der Waals surface area contributed by atoms with Gasteiger partial charge in [0.15, 0.2) is 0 Å². The van der Waals surface area contributed by atoms with Crippen molar-refractivity contribution in [1.82, 2.24) is 9.97 Å². The van der Waals surface area contributed by atoms with Gasteiger partial charge in [-0.25, -0.2) is 9.97 Å². The molecule has 0 bridgehead atoms. The van der Waals surface area contributed by atoms with Crippen LogP contribution in [0.25, 0.3) is 11.1 Å². The fourth-order valence-corrected chi connectivity index (χ4v) is 3.09. The molecule has 0 saturated carbocycles. The highest BCUT2D eigenvalue weighted by molar-refractivity contribution is 9.10. The zero-order chi connectivity index (χ0) is 20.1. The van der Waals surface area contributed by atoms with Gasteiger partial charge in [0.1, 0.15) is 5.75 Å². The lowest BCUT2D eigenvalue weighted by Gasteiger charge is -2.07. The van der Waals surface area contributed by atoms with Crippen molar-refractivity contribution in [2.24, 2.45) is 0 Å². The standard InChI is InChI=1S/C23H16BrN3O2/c24-19-5-4-6-20(13-19)27-22(28)17-11-9-16(10-12-17)18-14-25-23(26-15-18)29-21-7-2-1-3-8-21/h1-15H,(H,27,28). The molecule has 3 aromatic carbocycles. The number of carbonyl (C=O) groups excluding carboxylic acids is 1. The maximum Gasteiger partial charge on any atom is 0.321 e. The van der Waals surface area contributed by atoms with E-state index in [1.165, 1.54) is 0 Å². The van der Waals surface area contributed by atoms with E-state index in [0.29, 0.717) is 11.3 Å². The van der Waals surface area contributed by atoms with Gasteiger partial charge in [-0.3, -0.25) is 4.79 Å². The number of para-hydroxylation sites is 1. The predicted molar refractivity (Wildman–Crippen MR) is 116 cm³/mol. The Morgan fingerprint density at radius 2 is 1.55 bits per heavy atom. The average Bonchev–Trinajstić information content (AvgIpc) is 2.75. The number of carbonyl (C=O) groups is 1. The minimum absolute atomic E-state index is 0.169. The van der Waals surface area contributed by atoms with Gasteiger partial charge in [-0.2, -0.15) is 0 Å². The summed E-state index contributed by atoms with van der Waals surface area (Å²) in [6.45, 7) is 0. The highest BCUT2D eigenvalue weighted by Crippen LogP contribution is 2.22. The van der Waals surface area contributed by atoms with Crippen molar-refractivity contribution < 1.29 is 9.53 Å². The number of anilines is 1. The number of ether oxygens (including phenoxy) is 1. The normalized spacial score (nSPS) is 10.4. The summed E-state index contributed by atoms with van der Waals surface area (Å²) in [6.07, 6.45) is 3.39. The van der Waals surface area contributed by atoms with Crippen molar-refractivity contribution in [1.29, 1.82) is 0 Å². The van der Waals surface area contributed by atoms with Crippen LogP contribution in [0.5, 0.6) is 11.8 Å². The first-order valence-electron chi connectivity index (χ1n) is 8.90. The minimum Gasteiger partial charge on any atom is -0.424 e. The van der Waals surface area contributed by atoms with Crippen LogP contribution >= 0.6 is 15.9 Å². The molecule has 1 heterocycles. The number of hydrogen-bond donors (Lipinski definition) is 1. The molecule has 0 aliphatic carbocycles. The Balaban J connectivity index is 1.44. The summed E-state index contributed by atoms with van der Waals surface area (Å²) in [6, 6.07) is 24.4. The topological polar surface area (TPSA) is 64.1 Å². The largest absolute Gasteiger partial charge is 0.424 e. The summed E-state index contributed by atoms with van der Waals surface area (Å²) in [7, 11) is 0. The molecular weight excluding hydrogens is 430 g/mol. The second-order valence-electron chi connectivity index (χ2n) is 6.21. The molecule has 0 unspecified atom stereocenters. The van der Waals surface area contributed by atoms with E-state index >= 15 is 0 Å². The number of rotatable bonds is 5. The zero-order valence-corrected chi connectivity index (χ0v) is 16.8. The van der Waals surface area contributed by atoms with E-state index in [1.807, 2.05) is 66.7 Å². The number of aromatic nitrogens is 2. The van der Waals surface area contributed by atoms with Crippen LogP contribution in [0.4, 0.5) is 5.69 Å². The van der Waals surface area contributed by atoms with Crippen LogP contribution in [-0.4, -0.2) is 15.9 Å². The fourth-order valence-electron chi connectivity index (χ4n) is 2.70. The summed E-state index contributed by atoms with van der Waals surface area (Å²) in [4.78, 5) is 20.9. The first-order valence-corrected chi connectivity index (χ1v) is 9.69. The molecule has 29 heavy (non-hydrogen) atoms. The molecular formula is C23H16BrN3O2. The Hall–Kier alpha value is -3.51. The van der Waals surface area contributed by atoms with Crippen molar-refractivity contribution in [3.63, 3.8) is 0 Å². The number of nitrogens with one attached hydrogen (secondary N) is 1. The Kier molecular flexibility index (Phi) is 5.63. The lowest BCUT2D eigenvalue weighted by molar-refractivity contribution is 0.102. The van der Waals surface area contributed by atoms with Crippen molar-refractivity contribution in [3.05, 3.63) is 101 Å². The second-order valence-corrected chi connectivity index (χ2v) is 7.13. The molecule has 5 nitrogen and oxygen atoms in total. The van der Waals surface area contributed by atoms with Gasteiger partial charge in [0.2, 0.25) is 0 Å². The maximum atomic E-state index is 12.4. The van der Waals surface area contributed by atoms with Crippen LogP contribution in [0.2, 0.25) is 0 Å². The van der Waals surface area contributed by atoms with Crippen molar-refractivity contribution in [2.75, 3.05) is 5.32 Å². The van der Waals surface area contributed by atoms with Crippen LogP contribution in [0.3, 0.4) is 0 Å². The molecule has 0 radical (unpaired) electrons. The van der Waals surface area contributed by atoms with Crippen molar-refractivity contribution in [3.8, 4) is 22.9 Å². The molecule has 0 atom stereocenters. The third kappa shape index (κ3) is 4.86. The van der Waals surface area contributed by atoms with Crippen molar-refractivity contribution >= 4 is 27.5 Å². The smallest absolute Gasteiger partial charge is 0.321 e. The van der Waals surface area contributed by atoms with Crippen LogP contribution in [0.1, 0.15) is 10.4 Å². The average molecular weight is 446 g/mol. The molecule has 0 saturated heterocycles. The van der Waals surface area contributed by atoms with Gasteiger partial charge in [0, 0.05) is 33.7 Å². The van der Waals surface area contributed by atoms with E-state index < -0.39 is 0 Å². The first kappa shape index (κ1) is 18.8. The molecule has 4 aromatic rings. The van der Waals surface area contributed by atoms with E-state index in [9.17, 15) is 4.79 Å². The van der Waals surface area contributed by atoms with Gasteiger partial charge in [-0.15, -0.1) is 0 Å².